The van der Waals surface area contributed by atoms with Gasteiger partial charge in [0.2, 0.25) is 0 Å². The number of carbonyl (C=O) groups excluding carboxylic acids is 2. The first-order valence-corrected chi connectivity index (χ1v) is 6.50. The summed E-state index contributed by atoms with van der Waals surface area (Å²) in [6, 6.07) is 0. The molecule has 0 heterocycles. The summed E-state index contributed by atoms with van der Waals surface area (Å²) >= 11 is 0. The SMILES string of the molecule is CC(=O)OCC[N+](C)(C)C.C[N+](C)(C)CCOC(N)=O. The van der Waals surface area contributed by atoms with Crippen molar-refractivity contribution in [3.63, 3.8) is 0 Å². The summed E-state index contributed by atoms with van der Waals surface area (Å²) in [5.41, 5.74) is 4.75. The van der Waals surface area contributed by atoms with Crippen LogP contribution in [0.3, 0.4) is 0 Å². The van der Waals surface area contributed by atoms with Gasteiger partial charge in [0, 0.05) is 6.92 Å². The zero-order valence-electron chi connectivity index (χ0n) is 13.9. The Kier molecular flexibility index (Phi) is 10.0. The average molecular weight is 293 g/mol. The van der Waals surface area contributed by atoms with Crippen molar-refractivity contribution in [1.29, 1.82) is 0 Å². The molecule has 120 valence electrons. The summed E-state index contributed by atoms with van der Waals surface area (Å²) in [5.74, 6) is -0.201. The van der Waals surface area contributed by atoms with Crippen LogP contribution in [0.15, 0.2) is 0 Å². The fourth-order valence-electron chi connectivity index (χ4n) is 0.883. The van der Waals surface area contributed by atoms with Crippen LogP contribution in [0.5, 0.6) is 0 Å². The van der Waals surface area contributed by atoms with Crippen molar-refractivity contribution < 1.29 is 28.0 Å². The Morgan fingerprint density at radius 1 is 0.850 bits per heavy atom. The molecule has 0 rings (SSSR count). The van der Waals surface area contributed by atoms with Crippen LogP contribution in [0.2, 0.25) is 0 Å². The number of hydrogen-bond acceptors (Lipinski definition) is 4. The highest BCUT2D eigenvalue weighted by Gasteiger charge is 2.07. The van der Waals surface area contributed by atoms with Crippen molar-refractivity contribution in [3.05, 3.63) is 0 Å². The highest BCUT2D eigenvalue weighted by atomic mass is 16.5. The van der Waals surface area contributed by atoms with E-state index in [0.717, 1.165) is 22.1 Å². The third-order valence-corrected chi connectivity index (χ3v) is 2.07. The van der Waals surface area contributed by atoms with Gasteiger partial charge in [-0.05, 0) is 0 Å². The van der Waals surface area contributed by atoms with Crippen molar-refractivity contribution in [3.8, 4) is 0 Å². The van der Waals surface area contributed by atoms with Crippen LogP contribution in [0.4, 0.5) is 4.79 Å². The van der Waals surface area contributed by atoms with Gasteiger partial charge in [-0.25, -0.2) is 4.79 Å². The van der Waals surface area contributed by atoms with Gasteiger partial charge in [0.15, 0.2) is 0 Å². The van der Waals surface area contributed by atoms with Crippen LogP contribution in [0.25, 0.3) is 0 Å². The number of likely N-dealkylation sites (N-methyl/N-ethyl adjacent to an activating group) is 2. The number of carbonyl (C=O) groups is 2. The third-order valence-electron chi connectivity index (χ3n) is 2.07. The molecule has 20 heavy (non-hydrogen) atoms. The van der Waals surface area contributed by atoms with Crippen LogP contribution >= 0.6 is 0 Å². The van der Waals surface area contributed by atoms with E-state index in [9.17, 15) is 9.59 Å². The Morgan fingerprint density at radius 3 is 1.45 bits per heavy atom. The topological polar surface area (TPSA) is 78.6 Å². The lowest BCUT2D eigenvalue weighted by atomic mass is 10.5. The molecule has 1 amide bonds. The molecule has 0 aromatic carbocycles. The minimum Gasteiger partial charge on any atom is -0.460 e. The second-order valence-corrected chi connectivity index (χ2v) is 6.54. The minimum absolute atomic E-state index is 0.201. The molecule has 2 N–H and O–H groups in total. The third kappa shape index (κ3) is 25.5. The summed E-state index contributed by atoms with van der Waals surface area (Å²) in [4.78, 5) is 20.4. The normalized spacial score (nSPS) is 11.2. The van der Waals surface area contributed by atoms with E-state index in [2.05, 4.69) is 25.9 Å². The molecule has 0 fully saturated rings. The number of amides is 1. The second-order valence-electron chi connectivity index (χ2n) is 6.54. The largest absolute Gasteiger partial charge is 0.460 e. The van der Waals surface area contributed by atoms with E-state index >= 15 is 0 Å². The molecule has 0 aliphatic rings. The summed E-state index contributed by atoms with van der Waals surface area (Å²) in [5, 5.41) is 0. The van der Waals surface area contributed by atoms with Crippen LogP contribution in [-0.2, 0) is 14.3 Å². The van der Waals surface area contributed by atoms with Crippen LogP contribution in [-0.4, -0.2) is 89.6 Å². The Bertz CT molecular complexity index is 263. The van der Waals surface area contributed by atoms with Gasteiger partial charge in [0.25, 0.3) is 0 Å². The molecule has 0 atom stereocenters. The standard InChI is InChI=1S/C7H16NO2.C6H14N2O2/c1-7(9)10-6-5-8(2,3)4;1-8(2,3)4-5-10-6(7)9/h5-6H2,1-4H3;4-5H2,1-3H3,(H-,7,9)/q+1;/p+1. The van der Waals surface area contributed by atoms with Gasteiger partial charge in [-0.15, -0.1) is 0 Å². The number of quaternary nitrogens is 2. The van der Waals surface area contributed by atoms with E-state index in [0.29, 0.717) is 13.2 Å². The maximum Gasteiger partial charge on any atom is 0.404 e. The molecule has 0 aliphatic heterocycles. The molecule has 0 aromatic rings. The molecule has 0 unspecified atom stereocenters. The van der Waals surface area contributed by atoms with E-state index in [1.54, 1.807) is 0 Å². The molecule has 0 saturated carbocycles. The van der Waals surface area contributed by atoms with E-state index in [1.807, 2.05) is 21.1 Å². The number of primary amides is 1. The smallest absolute Gasteiger partial charge is 0.404 e. The van der Waals surface area contributed by atoms with Crippen molar-refractivity contribution >= 4 is 12.1 Å². The molecule has 0 aliphatic carbocycles. The molecule has 0 radical (unpaired) electrons. The fourth-order valence-corrected chi connectivity index (χ4v) is 0.883. The lowest BCUT2D eigenvalue weighted by molar-refractivity contribution is -0.870. The van der Waals surface area contributed by atoms with Gasteiger partial charge >= 0.3 is 12.1 Å². The molecule has 7 nitrogen and oxygen atoms in total. The molecule has 0 aromatic heterocycles. The van der Waals surface area contributed by atoms with Gasteiger partial charge in [0.1, 0.15) is 26.3 Å². The van der Waals surface area contributed by atoms with Crippen LogP contribution in [0.1, 0.15) is 6.92 Å². The quantitative estimate of drug-likeness (QED) is 0.554. The molecular weight excluding hydrogens is 262 g/mol. The first-order chi connectivity index (χ1) is 8.83. The highest BCUT2D eigenvalue weighted by molar-refractivity contribution is 5.65. The van der Waals surface area contributed by atoms with Gasteiger partial charge in [-0.3, -0.25) is 4.79 Å². The number of rotatable bonds is 6. The van der Waals surface area contributed by atoms with E-state index in [-0.39, 0.29) is 5.97 Å². The monoisotopic (exact) mass is 293 g/mol. The molecular formula is C13H31N3O4+2. The Labute approximate surface area is 122 Å². The predicted octanol–water partition coefficient (Wildman–Crippen LogP) is 0.0436. The first-order valence-electron chi connectivity index (χ1n) is 6.50. The lowest BCUT2D eigenvalue weighted by Crippen LogP contribution is -2.38. The number of ether oxygens (including phenoxy) is 2. The molecule has 0 saturated heterocycles. The van der Waals surface area contributed by atoms with E-state index in [4.69, 9.17) is 10.5 Å². The molecule has 7 heteroatoms. The highest BCUT2D eigenvalue weighted by Crippen LogP contribution is 1.89. The van der Waals surface area contributed by atoms with Crippen molar-refractivity contribution in [1.82, 2.24) is 0 Å². The van der Waals surface area contributed by atoms with Crippen molar-refractivity contribution in [2.45, 2.75) is 6.92 Å². The number of nitrogens with two attached hydrogens (primary N) is 1. The second kappa shape index (κ2) is 9.55. The summed E-state index contributed by atoms with van der Waals surface area (Å²) in [6.45, 7) is 3.97. The van der Waals surface area contributed by atoms with Crippen LogP contribution in [0, 0.1) is 0 Å². The Morgan fingerprint density at radius 2 is 1.20 bits per heavy atom. The maximum atomic E-state index is 10.3. The van der Waals surface area contributed by atoms with Gasteiger partial charge in [0.05, 0.1) is 42.3 Å². The van der Waals surface area contributed by atoms with Crippen molar-refractivity contribution in [2.75, 3.05) is 68.6 Å². The Balaban J connectivity index is 0. The fraction of sp³-hybridized carbons (Fsp3) is 0.846. The Hall–Kier alpha value is -1.34. The maximum absolute atomic E-state index is 10.3. The van der Waals surface area contributed by atoms with Gasteiger partial charge in [-0.2, -0.15) is 0 Å². The number of esters is 1. The number of hydrogen-bond donors (Lipinski definition) is 1. The molecule has 0 bridgehead atoms. The summed E-state index contributed by atoms with van der Waals surface area (Å²) < 4.78 is 10.9. The number of nitrogens with zero attached hydrogens (tertiary/aromatic N) is 2. The van der Waals surface area contributed by atoms with Crippen molar-refractivity contribution in [2.24, 2.45) is 5.73 Å². The van der Waals surface area contributed by atoms with E-state index in [1.165, 1.54) is 6.92 Å². The zero-order chi connectivity index (χ0) is 16.4. The van der Waals surface area contributed by atoms with Gasteiger partial charge in [-0.1, -0.05) is 0 Å². The zero-order valence-corrected chi connectivity index (χ0v) is 13.9. The summed E-state index contributed by atoms with van der Waals surface area (Å²) in [7, 11) is 12.2. The molecule has 0 spiro atoms. The van der Waals surface area contributed by atoms with Gasteiger partial charge < -0.3 is 24.2 Å². The predicted molar refractivity (Wildman–Crippen MR) is 78.0 cm³/mol. The first kappa shape index (κ1) is 21.0. The van der Waals surface area contributed by atoms with Crippen LogP contribution < -0.4 is 5.73 Å². The lowest BCUT2D eigenvalue weighted by Gasteiger charge is -2.23. The summed E-state index contributed by atoms with van der Waals surface area (Å²) in [6.07, 6.45) is -0.701. The average Bonchev–Trinajstić information content (AvgIpc) is 2.12. The minimum atomic E-state index is -0.701. The van der Waals surface area contributed by atoms with E-state index < -0.39 is 6.09 Å².